The lowest BCUT2D eigenvalue weighted by Gasteiger charge is -2.34. The van der Waals surface area contributed by atoms with Crippen LogP contribution in [0.3, 0.4) is 0 Å². The summed E-state index contributed by atoms with van der Waals surface area (Å²) in [5.74, 6) is 0.767. The molecule has 1 aliphatic rings. The van der Waals surface area contributed by atoms with E-state index >= 15 is 0 Å². The Bertz CT molecular complexity index is 666. The van der Waals surface area contributed by atoms with Crippen LogP contribution >= 0.6 is 15.9 Å². The quantitative estimate of drug-likeness (QED) is 0.792. The topological polar surface area (TPSA) is 67.2 Å². The number of aromatic nitrogens is 4. The van der Waals surface area contributed by atoms with Gasteiger partial charge in [-0.15, -0.1) is 0 Å². The molecule has 3 heterocycles. The van der Waals surface area contributed by atoms with Crippen LogP contribution in [0.2, 0.25) is 0 Å². The highest BCUT2D eigenvalue weighted by Crippen LogP contribution is 2.13. The third-order valence-electron chi connectivity index (χ3n) is 3.68. The number of piperazine rings is 1. The fourth-order valence-electron chi connectivity index (χ4n) is 2.43. The van der Waals surface area contributed by atoms with Gasteiger partial charge in [0.1, 0.15) is 0 Å². The predicted molar refractivity (Wildman–Crippen MR) is 86.9 cm³/mol. The lowest BCUT2D eigenvalue weighted by atomic mass is 10.3. The smallest absolute Gasteiger partial charge is 0.266 e. The molecule has 1 fully saturated rings. The summed E-state index contributed by atoms with van der Waals surface area (Å²) in [7, 11) is 0. The van der Waals surface area contributed by atoms with E-state index in [1.807, 2.05) is 0 Å². The SMILES string of the molecule is O=c1cccnn1CCN1CCN(c2ncc(Br)cn2)CC1. The molecule has 2 aromatic heterocycles. The number of hydrogen-bond donors (Lipinski definition) is 0. The molecule has 3 rings (SSSR count). The maximum Gasteiger partial charge on any atom is 0.266 e. The third kappa shape index (κ3) is 3.69. The first kappa shape index (κ1) is 15.1. The van der Waals surface area contributed by atoms with Crippen LogP contribution in [0.1, 0.15) is 0 Å². The third-order valence-corrected chi connectivity index (χ3v) is 4.08. The highest BCUT2D eigenvalue weighted by atomic mass is 79.9. The summed E-state index contributed by atoms with van der Waals surface area (Å²) in [5, 5.41) is 4.08. The summed E-state index contributed by atoms with van der Waals surface area (Å²) in [6.45, 7) is 5.08. The molecular formula is C14H17BrN6O. The Balaban J connectivity index is 1.51. The summed E-state index contributed by atoms with van der Waals surface area (Å²) in [5.41, 5.74) is -0.0515. The Hall–Kier alpha value is -1.80. The first-order valence-corrected chi connectivity index (χ1v) is 7.99. The van der Waals surface area contributed by atoms with Gasteiger partial charge < -0.3 is 4.90 Å². The van der Waals surface area contributed by atoms with Crippen molar-refractivity contribution in [1.82, 2.24) is 24.6 Å². The van der Waals surface area contributed by atoms with Crippen LogP contribution in [-0.4, -0.2) is 57.4 Å². The zero-order chi connectivity index (χ0) is 15.4. The molecule has 8 heteroatoms. The second-order valence-electron chi connectivity index (χ2n) is 5.12. The summed E-state index contributed by atoms with van der Waals surface area (Å²) >= 11 is 3.34. The summed E-state index contributed by atoms with van der Waals surface area (Å²) in [4.78, 5) is 24.8. The largest absolute Gasteiger partial charge is 0.338 e. The molecule has 1 saturated heterocycles. The Morgan fingerprint density at radius 3 is 2.50 bits per heavy atom. The molecule has 0 aliphatic carbocycles. The zero-order valence-electron chi connectivity index (χ0n) is 12.1. The molecule has 22 heavy (non-hydrogen) atoms. The Morgan fingerprint density at radius 2 is 1.82 bits per heavy atom. The molecule has 0 radical (unpaired) electrons. The molecule has 0 bridgehead atoms. The van der Waals surface area contributed by atoms with Crippen molar-refractivity contribution in [2.45, 2.75) is 6.54 Å². The predicted octanol–water partition coefficient (Wildman–Crippen LogP) is 0.618. The number of anilines is 1. The summed E-state index contributed by atoms with van der Waals surface area (Å²) in [6, 6.07) is 3.20. The lowest BCUT2D eigenvalue weighted by Crippen LogP contribution is -2.48. The molecular weight excluding hydrogens is 348 g/mol. The van der Waals surface area contributed by atoms with Crippen molar-refractivity contribution in [3.8, 4) is 0 Å². The summed E-state index contributed by atoms with van der Waals surface area (Å²) in [6.07, 6.45) is 5.18. The van der Waals surface area contributed by atoms with Crippen LogP contribution in [0.4, 0.5) is 5.95 Å². The maximum atomic E-state index is 11.6. The van der Waals surface area contributed by atoms with Gasteiger partial charge in [0.2, 0.25) is 5.95 Å². The highest BCUT2D eigenvalue weighted by molar-refractivity contribution is 9.10. The molecule has 0 amide bonds. The zero-order valence-corrected chi connectivity index (χ0v) is 13.7. The van der Waals surface area contributed by atoms with E-state index in [4.69, 9.17) is 0 Å². The fraction of sp³-hybridized carbons (Fsp3) is 0.429. The first-order chi connectivity index (χ1) is 10.7. The van der Waals surface area contributed by atoms with Gasteiger partial charge in [0.15, 0.2) is 0 Å². The van der Waals surface area contributed by atoms with E-state index in [0.717, 1.165) is 43.1 Å². The standard InChI is InChI=1S/C14H17BrN6O/c15-12-10-16-14(17-11-12)20-7-4-19(5-8-20)6-9-21-13(22)2-1-3-18-21/h1-3,10-11H,4-9H2. The minimum atomic E-state index is -0.0515. The monoisotopic (exact) mass is 364 g/mol. The lowest BCUT2D eigenvalue weighted by molar-refractivity contribution is 0.241. The molecule has 0 spiro atoms. The molecule has 0 N–H and O–H groups in total. The van der Waals surface area contributed by atoms with Crippen molar-refractivity contribution in [1.29, 1.82) is 0 Å². The van der Waals surface area contributed by atoms with E-state index in [-0.39, 0.29) is 5.56 Å². The van der Waals surface area contributed by atoms with Crippen molar-refractivity contribution in [2.75, 3.05) is 37.6 Å². The van der Waals surface area contributed by atoms with Crippen molar-refractivity contribution in [3.63, 3.8) is 0 Å². The van der Waals surface area contributed by atoms with Crippen LogP contribution in [0, 0.1) is 0 Å². The van der Waals surface area contributed by atoms with E-state index < -0.39 is 0 Å². The van der Waals surface area contributed by atoms with Crippen molar-refractivity contribution < 1.29 is 0 Å². The fourth-order valence-corrected chi connectivity index (χ4v) is 2.64. The first-order valence-electron chi connectivity index (χ1n) is 7.19. The maximum absolute atomic E-state index is 11.6. The number of nitrogens with zero attached hydrogens (tertiary/aromatic N) is 6. The van der Waals surface area contributed by atoms with Gasteiger partial charge in [-0.3, -0.25) is 9.69 Å². The number of hydrogen-bond acceptors (Lipinski definition) is 6. The van der Waals surface area contributed by atoms with Crippen LogP contribution in [0.15, 0.2) is 40.0 Å². The van der Waals surface area contributed by atoms with Crippen molar-refractivity contribution in [2.24, 2.45) is 0 Å². The Morgan fingerprint density at radius 1 is 1.09 bits per heavy atom. The Labute approximate surface area is 136 Å². The van der Waals surface area contributed by atoms with Gasteiger partial charge in [0.05, 0.1) is 11.0 Å². The van der Waals surface area contributed by atoms with E-state index in [1.165, 1.54) is 10.7 Å². The molecule has 0 aromatic carbocycles. The van der Waals surface area contributed by atoms with Gasteiger partial charge in [-0.25, -0.2) is 14.6 Å². The van der Waals surface area contributed by atoms with Crippen LogP contribution < -0.4 is 10.5 Å². The van der Waals surface area contributed by atoms with Crippen LogP contribution in [0.25, 0.3) is 0 Å². The second-order valence-corrected chi connectivity index (χ2v) is 6.03. The van der Waals surface area contributed by atoms with Gasteiger partial charge in [0.25, 0.3) is 5.56 Å². The molecule has 0 saturated carbocycles. The average molecular weight is 365 g/mol. The molecule has 116 valence electrons. The minimum Gasteiger partial charge on any atom is -0.338 e. The van der Waals surface area contributed by atoms with Gasteiger partial charge in [-0.1, -0.05) is 0 Å². The van der Waals surface area contributed by atoms with Gasteiger partial charge in [-0.05, 0) is 22.0 Å². The van der Waals surface area contributed by atoms with E-state index in [0.29, 0.717) is 6.54 Å². The van der Waals surface area contributed by atoms with E-state index in [1.54, 1.807) is 24.7 Å². The average Bonchev–Trinajstić information content (AvgIpc) is 2.55. The van der Waals surface area contributed by atoms with Gasteiger partial charge in [-0.2, -0.15) is 5.10 Å². The Kier molecular flexibility index (Phi) is 4.79. The van der Waals surface area contributed by atoms with E-state index in [2.05, 4.69) is 40.8 Å². The molecule has 1 aliphatic heterocycles. The van der Waals surface area contributed by atoms with Crippen LogP contribution in [-0.2, 0) is 6.54 Å². The van der Waals surface area contributed by atoms with Gasteiger partial charge >= 0.3 is 0 Å². The van der Waals surface area contributed by atoms with Crippen LogP contribution in [0.5, 0.6) is 0 Å². The second kappa shape index (κ2) is 6.97. The van der Waals surface area contributed by atoms with E-state index in [9.17, 15) is 4.79 Å². The summed E-state index contributed by atoms with van der Waals surface area (Å²) < 4.78 is 2.39. The van der Waals surface area contributed by atoms with Crippen molar-refractivity contribution >= 4 is 21.9 Å². The number of rotatable bonds is 4. The molecule has 0 unspecified atom stereocenters. The molecule has 0 atom stereocenters. The molecule has 7 nitrogen and oxygen atoms in total. The number of halogens is 1. The minimum absolute atomic E-state index is 0.0515. The highest BCUT2D eigenvalue weighted by Gasteiger charge is 2.18. The molecule has 2 aromatic rings. The normalized spacial score (nSPS) is 16.0. The van der Waals surface area contributed by atoms with Gasteiger partial charge in [0, 0.05) is 57.4 Å². The van der Waals surface area contributed by atoms with Crippen molar-refractivity contribution in [3.05, 3.63) is 45.5 Å².